The second-order valence-electron chi connectivity index (χ2n) is 3.53. The van der Waals surface area contributed by atoms with E-state index < -0.39 is 4.92 Å². The molecule has 0 N–H and O–H groups in total. The van der Waals surface area contributed by atoms with E-state index in [0.717, 1.165) is 0 Å². The third-order valence-corrected chi connectivity index (χ3v) is 2.29. The second kappa shape index (κ2) is 5.11. The monoisotopic (exact) mass is 241 g/mol. The van der Waals surface area contributed by atoms with Gasteiger partial charge in [-0.3, -0.25) is 10.1 Å². The first-order valence-electron chi connectivity index (χ1n) is 5.18. The molecule has 88 valence electrons. The number of halogens is 1. The van der Waals surface area contributed by atoms with Gasteiger partial charge < -0.3 is 0 Å². The Kier molecular flexibility index (Phi) is 3.35. The quantitative estimate of drug-likeness (QED) is 0.437. The van der Waals surface area contributed by atoms with Gasteiger partial charge in [-0.25, -0.2) is 4.39 Å². The Morgan fingerprint density at radius 2 is 1.67 bits per heavy atom. The van der Waals surface area contributed by atoms with Crippen molar-refractivity contribution in [1.82, 2.24) is 0 Å². The topological polar surface area (TPSA) is 43.1 Å². The molecule has 2 rings (SSSR count). The Hall–Kier alpha value is -2.67. The smallest absolute Gasteiger partial charge is 0.258 e. The summed E-state index contributed by atoms with van der Waals surface area (Å²) in [7, 11) is 0. The highest BCUT2D eigenvalue weighted by atomic mass is 19.1. The summed E-state index contributed by atoms with van der Waals surface area (Å²) in [6.45, 7) is 0. The maximum absolute atomic E-state index is 12.7. The van der Waals surface area contributed by atoms with Gasteiger partial charge in [0.15, 0.2) is 0 Å². The average Bonchev–Trinajstić information content (AvgIpc) is 2.38. The normalized spacial score (nSPS) is 9.39. The minimum atomic E-state index is -0.478. The van der Waals surface area contributed by atoms with Crippen molar-refractivity contribution in [2.45, 2.75) is 0 Å². The van der Waals surface area contributed by atoms with Crippen molar-refractivity contribution < 1.29 is 9.31 Å². The second-order valence-corrected chi connectivity index (χ2v) is 3.53. The van der Waals surface area contributed by atoms with E-state index in [0.29, 0.717) is 11.1 Å². The van der Waals surface area contributed by atoms with Crippen molar-refractivity contribution in [3.8, 4) is 11.8 Å². The van der Waals surface area contributed by atoms with Crippen molar-refractivity contribution in [2.24, 2.45) is 0 Å². The van der Waals surface area contributed by atoms with Crippen LogP contribution in [0, 0.1) is 27.8 Å². The number of nitro groups is 1. The molecule has 0 aliphatic carbocycles. The molecule has 0 aromatic heterocycles. The summed E-state index contributed by atoms with van der Waals surface area (Å²) in [6.07, 6.45) is 0. The molecule has 0 heterocycles. The molecule has 0 spiro atoms. The minimum Gasteiger partial charge on any atom is -0.258 e. The number of hydrogen-bond acceptors (Lipinski definition) is 2. The van der Waals surface area contributed by atoms with Crippen LogP contribution in [0.4, 0.5) is 10.1 Å². The molecular weight excluding hydrogens is 233 g/mol. The van der Waals surface area contributed by atoms with Gasteiger partial charge in [-0.2, -0.15) is 0 Å². The fraction of sp³-hybridized carbons (Fsp3) is 0. The zero-order valence-corrected chi connectivity index (χ0v) is 9.26. The van der Waals surface area contributed by atoms with Crippen LogP contribution in [0.5, 0.6) is 0 Å². The number of rotatable bonds is 1. The SMILES string of the molecule is O=[N+]([O-])c1ccccc1C#Cc1ccc(F)cc1. The molecule has 0 saturated heterocycles. The summed E-state index contributed by atoms with van der Waals surface area (Å²) < 4.78 is 12.7. The van der Waals surface area contributed by atoms with Crippen molar-refractivity contribution in [3.05, 3.63) is 75.6 Å². The standard InChI is InChI=1S/C14H8FNO2/c15-13-9-6-11(7-10-13)5-8-12-3-1-2-4-14(12)16(17)18/h1-4,6-7,9-10H. The van der Waals surface area contributed by atoms with Crippen molar-refractivity contribution in [3.63, 3.8) is 0 Å². The van der Waals surface area contributed by atoms with Crippen molar-refractivity contribution >= 4 is 5.69 Å². The lowest BCUT2D eigenvalue weighted by atomic mass is 10.1. The van der Waals surface area contributed by atoms with E-state index in [1.807, 2.05) is 0 Å². The third kappa shape index (κ3) is 2.71. The van der Waals surface area contributed by atoms with E-state index in [4.69, 9.17) is 0 Å². The van der Waals surface area contributed by atoms with E-state index in [1.165, 1.54) is 30.3 Å². The highest BCUT2D eigenvalue weighted by Crippen LogP contribution is 2.16. The van der Waals surface area contributed by atoms with Gasteiger partial charge in [0.2, 0.25) is 0 Å². The fourth-order valence-corrected chi connectivity index (χ4v) is 1.41. The van der Waals surface area contributed by atoms with Gasteiger partial charge >= 0.3 is 0 Å². The fourth-order valence-electron chi connectivity index (χ4n) is 1.41. The molecule has 3 nitrogen and oxygen atoms in total. The molecule has 0 fully saturated rings. The van der Waals surface area contributed by atoms with Gasteiger partial charge in [-0.1, -0.05) is 24.0 Å². The summed E-state index contributed by atoms with van der Waals surface area (Å²) >= 11 is 0. The molecule has 0 amide bonds. The highest BCUT2D eigenvalue weighted by molar-refractivity contribution is 5.53. The maximum Gasteiger partial charge on any atom is 0.284 e. The third-order valence-electron chi connectivity index (χ3n) is 2.29. The lowest BCUT2D eigenvalue weighted by Gasteiger charge is -1.94. The molecule has 0 bridgehead atoms. The Labute approximate surface area is 103 Å². The van der Waals surface area contributed by atoms with Crippen molar-refractivity contribution in [2.75, 3.05) is 0 Å². The lowest BCUT2D eigenvalue weighted by Crippen LogP contribution is -1.91. The summed E-state index contributed by atoms with van der Waals surface area (Å²) in [6, 6.07) is 11.9. The Morgan fingerprint density at radius 1 is 1.00 bits per heavy atom. The van der Waals surface area contributed by atoms with E-state index in [1.54, 1.807) is 18.2 Å². The van der Waals surface area contributed by atoms with Gasteiger partial charge in [0.1, 0.15) is 11.4 Å². The molecular formula is C14H8FNO2. The number of para-hydroxylation sites is 1. The van der Waals surface area contributed by atoms with Crippen LogP contribution in [-0.4, -0.2) is 4.92 Å². The Balaban J connectivity index is 2.35. The van der Waals surface area contributed by atoms with Crippen molar-refractivity contribution in [1.29, 1.82) is 0 Å². The average molecular weight is 241 g/mol. The highest BCUT2D eigenvalue weighted by Gasteiger charge is 2.09. The van der Waals surface area contributed by atoms with E-state index in [-0.39, 0.29) is 11.5 Å². The summed E-state index contributed by atoms with van der Waals surface area (Å²) in [5.74, 6) is 5.14. The van der Waals surface area contributed by atoms with Crippen LogP contribution >= 0.6 is 0 Å². The summed E-state index contributed by atoms with van der Waals surface area (Å²) in [5, 5.41) is 10.8. The van der Waals surface area contributed by atoms with E-state index in [2.05, 4.69) is 11.8 Å². The van der Waals surface area contributed by atoms with Crippen LogP contribution < -0.4 is 0 Å². The first-order chi connectivity index (χ1) is 8.66. The molecule has 0 atom stereocenters. The zero-order valence-electron chi connectivity index (χ0n) is 9.26. The largest absolute Gasteiger partial charge is 0.284 e. The van der Waals surface area contributed by atoms with Crippen LogP contribution in [0.1, 0.15) is 11.1 Å². The van der Waals surface area contributed by atoms with Gasteiger partial charge in [0.05, 0.1) is 4.92 Å². The van der Waals surface area contributed by atoms with Gasteiger partial charge in [-0.15, -0.1) is 0 Å². The summed E-state index contributed by atoms with van der Waals surface area (Å²) in [5.41, 5.74) is 0.911. The zero-order chi connectivity index (χ0) is 13.0. The number of nitro benzene ring substituents is 1. The number of benzene rings is 2. The Bertz CT molecular complexity index is 639. The molecule has 0 aliphatic rings. The molecule has 0 unspecified atom stereocenters. The van der Waals surface area contributed by atoms with Crippen LogP contribution in [0.25, 0.3) is 0 Å². The first kappa shape index (κ1) is 11.8. The van der Waals surface area contributed by atoms with Gasteiger partial charge in [0, 0.05) is 11.6 Å². The van der Waals surface area contributed by atoms with E-state index in [9.17, 15) is 14.5 Å². The lowest BCUT2D eigenvalue weighted by molar-refractivity contribution is -0.385. The minimum absolute atomic E-state index is 0.0351. The molecule has 18 heavy (non-hydrogen) atoms. The van der Waals surface area contributed by atoms with Gasteiger partial charge in [-0.05, 0) is 30.3 Å². The molecule has 0 aliphatic heterocycles. The molecule has 2 aromatic carbocycles. The predicted molar refractivity (Wildman–Crippen MR) is 65.5 cm³/mol. The molecule has 2 aromatic rings. The molecule has 4 heteroatoms. The van der Waals surface area contributed by atoms with Gasteiger partial charge in [0.25, 0.3) is 5.69 Å². The maximum atomic E-state index is 12.7. The summed E-state index contributed by atoms with van der Waals surface area (Å²) in [4.78, 5) is 10.3. The Morgan fingerprint density at radius 3 is 2.33 bits per heavy atom. The van der Waals surface area contributed by atoms with Crippen LogP contribution in [0.15, 0.2) is 48.5 Å². The van der Waals surface area contributed by atoms with Crippen LogP contribution in [-0.2, 0) is 0 Å². The number of nitrogens with zero attached hydrogens (tertiary/aromatic N) is 1. The number of hydrogen-bond donors (Lipinski definition) is 0. The first-order valence-corrected chi connectivity index (χ1v) is 5.18. The van der Waals surface area contributed by atoms with E-state index >= 15 is 0 Å². The van der Waals surface area contributed by atoms with Crippen LogP contribution in [0.3, 0.4) is 0 Å². The predicted octanol–water partition coefficient (Wildman–Crippen LogP) is 3.13. The molecule has 0 saturated carbocycles. The molecule has 0 radical (unpaired) electrons. The van der Waals surface area contributed by atoms with Crippen LogP contribution in [0.2, 0.25) is 0 Å².